The molecule has 9 heteroatoms. The van der Waals surface area contributed by atoms with Crippen LogP contribution in [-0.4, -0.2) is 30.9 Å². The van der Waals surface area contributed by atoms with Crippen LogP contribution in [0.25, 0.3) is 0 Å². The smallest absolute Gasteiger partial charge is 0.415 e. The summed E-state index contributed by atoms with van der Waals surface area (Å²) < 4.78 is 31.1. The van der Waals surface area contributed by atoms with Gasteiger partial charge in [-0.3, -0.25) is 4.90 Å². The van der Waals surface area contributed by atoms with E-state index in [9.17, 15) is 14.0 Å². The van der Waals surface area contributed by atoms with Crippen molar-refractivity contribution in [2.45, 2.75) is 50.3 Å². The second kappa shape index (κ2) is 11.7. The average Bonchev–Trinajstić information content (AvgIpc) is 3.26. The molecule has 5 rings (SSSR count). The van der Waals surface area contributed by atoms with Crippen LogP contribution in [0.15, 0.2) is 72.8 Å². The number of carbonyl (C=O) groups is 2. The van der Waals surface area contributed by atoms with Crippen molar-refractivity contribution in [3.8, 4) is 11.5 Å². The van der Waals surface area contributed by atoms with Crippen molar-refractivity contribution in [3.63, 3.8) is 0 Å². The number of alkyl carbamates (subject to hydrolysis) is 1. The molecule has 3 aromatic rings. The number of nitrogens with zero attached hydrogens (tertiary/aromatic N) is 1. The highest BCUT2D eigenvalue weighted by Gasteiger charge is 2.44. The van der Waals surface area contributed by atoms with E-state index in [0.717, 1.165) is 25.7 Å². The van der Waals surface area contributed by atoms with E-state index in [1.54, 1.807) is 60.7 Å². The van der Waals surface area contributed by atoms with Gasteiger partial charge in [0.25, 0.3) is 0 Å². The van der Waals surface area contributed by atoms with E-state index >= 15 is 0 Å². The van der Waals surface area contributed by atoms with Crippen molar-refractivity contribution in [1.29, 1.82) is 0 Å². The Morgan fingerprint density at radius 2 is 1.68 bits per heavy atom. The first kappa shape index (κ1) is 25.9. The fourth-order valence-corrected chi connectivity index (χ4v) is 5.03. The maximum Gasteiger partial charge on any atom is 0.415 e. The lowest BCUT2D eigenvalue weighted by Crippen LogP contribution is -2.38. The van der Waals surface area contributed by atoms with Crippen molar-refractivity contribution >= 4 is 29.5 Å². The van der Waals surface area contributed by atoms with Gasteiger partial charge >= 0.3 is 12.2 Å². The van der Waals surface area contributed by atoms with Crippen molar-refractivity contribution in [1.82, 2.24) is 5.32 Å². The number of carbonyl (C=O) groups excluding carboxylic acids is 2. The van der Waals surface area contributed by atoms with Gasteiger partial charge in [-0.25, -0.2) is 14.0 Å². The van der Waals surface area contributed by atoms with E-state index in [1.807, 2.05) is 0 Å². The Hall–Kier alpha value is -3.78. The van der Waals surface area contributed by atoms with Crippen molar-refractivity contribution in [2.75, 3.05) is 11.5 Å². The molecular formula is C29H28ClFN2O5. The summed E-state index contributed by atoms with van der Waals surface area (Å²) in [6.07, 6.45) is 3.17. The third kappa shape index (κ3) is 6.19. The molecule has 0 bridgehead atoms. The second-order valence-electron chi connectivity index (χ2n) is 9.42. The molecule has 2 atom stereocenters. The van der Waals surface area contributed by atoms with Crippen LogP contribution in [0.3, 0.4) is 0 Å². The van der Waals surface area contributed by atoms with Crippen molar-refractivity contribution in [2.24, 2.45) is 0 Å². The zero-order valence-corrected chi connectivity index (χ0v) is 21.4. The monoisotopic (exact) mass is 538 g/mol. The fraction of sp³-hybridized carbons (Fsp3) is 0.310. The molecule has 0 spiro atoms. The molecule has 1 saturated heterocycles. The number of hydrogen-bond acceptors (Lipinski definition) is 5. The number of nitrogens with one attached hydrogen (secondary N) is 1. The van der Waals surface area contributed by atoms with Crippen LogP contribution in [0.5, 0.6) is 11.5 Å². The number of ether oxygens (including phenoxy) is 3. The average molecular weight is 539 g/mol. The number of anilines is 1. The van der Waals surface area contributed by atoms with E-state index in [1.165, 1.54) is 23.5 Å². The molecule has 7 nitrogen and oxygen atoms in total. The van der Waals surface area contributed by atoms with Gasteiger partial charge in [0.15, 0.2) is 6.10 Å². The minimum absolute atomic E-state index is 0.0894. The second-order valence-corrected chi connectivity index (χ2v) is 9.86. The van der Waals surface area contributed by atoms with E-state index in [4.69, 9.17) is 25.8 Å². The van der Waals surface area contributed by atoms with Gasteiger partial charge in [0.2, 0.25) is 0 Å². The molecule has 198 valence electrons. The van der Waals surface area contributed by atoms with Crippen LogP contribution >= 0.6 is 11.6 Å². The highest BCUT2D eigenvalue weighted by molar-refractivity contribution is 6.30. The van der Waals surface area contributed by atoms with Gasteiger partial charge in [-0.2, -0.15) is 0 Å². The van der Waals surface area contributed by atoms with Crippen LogP contribution in [0.1, 0.15) is 43.7 Å². The molecule has 1 aliphatic carbocycles. The summed E-state index contributed by atoms with van der Waals surface area (Å²) in [7, 11) is 0. The zero-order valence-electron chi connectivity index (χ0n) is 20.6. The molecule has 0 aromatic heterocycles. The Morgan fingerprint density at radius 1 is 1.00 bits per heavy atom. The Morgan fingerprint density at radius 3 is 2.37 bits per heavy atom. The van der Waals surface area contributed by atoms with Crippen LogP contribution < -0.4 is 15.0 Å². The number of halogens is 2. The molecule has 0 radical (unpaired) electrons. The van der Waals surface area contributed by atoms with E-state index in [0.29, 0.717) is 27.8 Å². The lowest BCUT2D eigenvalue weighted by molar-refractivity contribution is 0.0608. The number of cyclic esters (lactones) is 1. The summed E-state index contributed by atoms with van der Waals surface area (Å²) in [6, 6.07) is 19.2. The summed E-state index contributed by atoms with van der Waals surface area (Å²) in [6.45, 7) is -0.167. The quantitative estimate of drug-likeness (QED) is 0.339. The van der Waals surface area contributed by atoms with Gasteiger partial charge in [0.05, 0.1) is 0 Å². The van der Waals surface area contributed by atoms with Gasteiger partial charge in [-0.05, 0) is 79.1 Å². The molecule has 0 unspecified atom stereocenters. The van der Waals surface area contributed by atoms with Crippen molar-refractivity contribution < 1.29 is 28.2 Å². The highest BCUT2D eigenvalue weighted by atomic mass is 35.5. The summed E-state index contributed by atoms with van der Waals surface area (Å²) in [5.41, 5.74) is 1.06. The lowest BCUT2D eigenvalue weighted by atomic mass is 9.96. The normalized spacial score (nSPS) is 19.6. The number of benzene rings is 3. The van der Waals surface area contributed by atoms with Crippen LogP contribution in [0.2, 0.25) is 5.02 Å². The first-order valence-corrected chi connectivity index (χ1v) is 13.1. The number of hydrogen-bond donors (Lipinski definition) is 1. The highest BCUT2D eigenvalue weighted by Crippen LogP contribution is 2.39. The van der Waals surface area contributed by atoms with Crippen LogP contribution in [-0.2, 0) is 9.47 Å². The number of rotatable bonds is 7. The Balaban J connectivity index is 1.32. The molecule has 1 N–H and O–H groups in total. The largest absolute Gasteiger partial charge is 0.457 e. The standard InChI is InChI=1S/C29H28ClFN2O5/c30-20-9-13-24(14-10-20)37-25-15-11-23(12-16-25)33-27(19-5-4-6-21(31)17-19)26(38-29(33)35)18-36-28(34)32-22-7-2-1-3-8-22/h4-6,9-17,22,26-27H,1-3,7-8,18H2,(H,32,34)/t26-,27-/m0/s1. The summed E-state index contributed by atoms with van der Waals surface area (Å²) in [5.74, 6) is 0.734. The third-order valence-corrected chi connectivity index (χ3v) is 6.99. The minimum atomic E-state index is -0.827. The Labute approximate surface area is 225 Å². The molecule has 38 heavy (non-hydrogen) atoms. The van der Waals surface area contributed by atoms with Gasteiger partial charge in [-0.1, -0.05) is 43.0 Å². The SMILES string of the molecule is O=C(NC1CCCCC1)OC[C@@H]1OC(=O)N(c2ccc(Oc3ccc(Cl)cc3)cc2)[C@H]1c1cccc(F)c1. The Bertz CT molecular complexity index is 1260. The molecule has 1 heterocycles. The molecular weight excluding hydrogens is 511 g/mol. The fourth-order valence-electron chi connectivity index (χ4n) is 4.90. The maximum atomic E-state index is 14.2. The van der Waals surface area contributed by atoms with Gasteiger partial charge in [0.1, 0.15) is 30.0 Å². The first-order valence-electron chi connectivity index (χ1n) is 12.7. The van der Waals surface area contributed by atoms with Crippen LogP contribution in [0, 0.1) is 5.82 Å². The van der Waals surface area contributed by atoms with Crippen LogP contribution in [0.4, 0.5) is 19.7 Å². The Kier molecular flexibility index (Phi) is 7.98. The summed E-state index contributed by atoms with van der Waals surface area (Å²) in [5, 5.41) is 3.50. The molecule has 3 aromatic carbocycles. The van der Waals surface area contributed by atoms with E-state index < -0.39 is 30.1 Å². The van der Waals surface area contributed by atoms with Crippen molar-refractivity contribution in [3.05, 3.63) is 89.2 Å². The predicted octanol–water partition coefficient (Wildman–Crippen LogP) is 7.40. The topological polar surface area (TPSA) is 77.1 Å². The van der Waals surface area contributed by atoms with Gasteiger partial charge in [-0.15, -0.1) is 0 Å². The first-order chi connectivity index (χ1) is 18.5. The summed E-state index contributed by atoms with van der Waals surface area (Å²) in [4.78, 5) is 26.9. The number of amides is 2. The molecule has 2 fully saturated rings. The third-order valence-electron chi connectivity index (χ3n) is 6.74. The zero-order chi connectivity index (χ0) is 26.5. The van der Waals surface area contributed by atoms with E-state index in [-0.39, 0.29) is 12.6 Å². The molecule has 2 aliphatic rings. The van der Waals surface area contributed by atoms with Gasteiger partial charge in [0, 0.05) is 16.8 Å². The molecule has 1 saturated carbocycles. The summed E-state index contributed by atoms with van der Waals surface area (Å²) >= 11 is 5.93. The molecule has 2 amide bonds. The maximum absolute atomic E-state index is 14.2. The van der Waals surface area contributed by atoms with E-state index in [2.05, 4.69) is 5.32 Å². The predicted molar refractivity (Wildman–Crippen MR) is 141 cm³/mol. The lowest BCUT2D eigenvalue weighted by Gasteiger charge is -2.26. The minimum Gasteiger partial charge on any atom is -0.457 e. The molecule has 1 aliphatic heterocycles. The van der Waals surface area contributed by atoms with Gasteiger partial charge < -0.3 is 19.5 Å².